The van der Waals surface area contributed by atoms with E-state index in [4.69, 9.17) is 4.74 Å². The normalized spacial score (nSPS) is 24.3. The summed E-state index contributed by atoms with van der Waals surface area (Å²) < 4.78 is 5.23. The number of esters is 1. The predicted molar refractivity (Wildman–Crippen MR) is 47.8 cm³/mol. The van der Waals surface area contributed by atoms with E-state index in [2.05, 4.69) is 6.58 Å². The molecule has 0 radical (unpaired) electrons. The highest BCUT2D eigenvalue weighted by molar-refractivity contribution is 5.69. The van der Waals surface area contributed by atoms with Crippen LogP contribution in [0.25, 0.3) is 0 Å². The van der Waals surface area contributed by atoms with Gasteiger partial charge in [-0.2, -0.15) is 0 Å². The molecule has 0 spiro atoms. The molecule has 0 bridgehead atoms. The standard InChI is InChI=1S/C10H16O2/c1-2-3-6-9-7-4-5-8-10(11)12-9/h2,9H,1,3-8H2. The largest absolute Gasteiger partial charge is 0.462 e. The second kappa shape index (κ2) is 4.96. The van der Waals surface area contributed by atoms with Crippen molar-refractivity contribution in [1.82, 2.24) is 0 Å². The van der Waals surface area contributed by atoms with Gasteiger partial charge in [0, 0.05) is 6.42 Å². The van der Waals surface area contributed by atoms with Gasteiger partial charge in [-0.05, 0) is 32.1 Å². The Hall–Kier alpha value is -0.790. The first-order chi connectivity index (χ1) is 5.83. The number of hydrogen-bond acceptors (Lipinski definition) is 2. The molecule has 1 heterocycles. The highest BCUT2D eigenvalue weighted by atomic mass is 16.5. The van der Waals surface area contributed by atoms with Crippen LogP contribution in [0.4, 0.5) is 0 Å². The van der Waals surface area contributed by atoms with Crippen LogP contribution in [0.5, 0.6) is 0 Å². The monoisotopic (exact) mass is 168 g/mol. The van der Waals surface area contributed by atoms with Crippen LogP contribution in [0.15, 0.2) is 12.7 Å². The van der Waals surface area contributed by atoms with Crippen molar-refractivity contribution >= 4 is 5.97 Å². The molecule has 0 amide bonds. The number of ether oxygens (including phenoxy) is 1. The third-order valence-corrected chi connectivity index (χ3v) is 2.15. The Morgan fingerprint density at radius 3 is 3.17 bits per heavy atom. The van der Waals surface area contributed by atoms with Gasteiger partial charge in [-0.1, -0.05) is 6.08 Å². The van der Waals surface area contributed by atoms with Gasteiger partial charge >= 0.3 is 5.97 Å². The van der Waals surface area contributed by atoms with Crippen LogP contribution in [0.1, 0.15) is 38.5 Å². The maximum absolute atomic E-state index is 11.0. The lowest BCUT2D eigenvalue weighted by molar-refractivity contribution is -0.148. The molecular weight excluding hydrogens is 152 g/mol. The third kappa shape index (κ3) is 3.07. The first kappa shape index (κ1) is 9.30. The van der Waals surface area contributed by atoms with E-state index in [0.29, 0.717) is 6.42 Å². The number of rotatable bonds is 3. The summed E-state index contributed by atoms with van der Waals surface area (Å²) in [4.78, 5) is 11.0. The quantitative estimate of drug-likeness (QED) is 0.478. The van der Waals surface area contributed by atoms with E-state index in [1.165, 1.54) is 0 Å². The van der Waals surface area contributed by atoms with E-state index in [0.717, 1.165) is 32.1 Å². The molecule has 0 aromatic heterocycles. The summed E-state index contributed by atoms with van der Waals surface area (Å²) in [5.41, 5.74) is 0. The maximum Gasteiger partial charge on any atom is 0.306 e. The van der Waals surface area contributed by atoms with Crippen molar-refractivity contribution in [3.8, 4) is 0 Å². The molecule has 0 saturated carbocycles. The molecule has 1 rings (SSSR count). The Labute approximate surface area is 73.6 Å². The molecule has 0 aromatic rings. The average Bonchev–Trinajstić information content (AvgIpc) is 2.26. The SMILES string of the molecule is C=CCCC1CCCCC(=O)O1. The number of cyclic esters (lactones) is 1. The van der Waals surface area contributed by atoms with Crippen LogP contribution in [-0.4, -0.2) is 12.1 Å². The highest BCUT2D eigenvalue weighted by Crippen LogP contribution is 2.17. The molecule has 1 unspecified atom stereocenters. The predicted octanol–water partition coefficient (Wildman–Crippen LogP) is 2.44. The van der Waals surface area contributed by atoms with Crippen molar-refractivity contribution in [2.45, 2.75) is 44.6 Å². The molecule has 0 N–H and O–H groups in total. The lowest BCUT2D eigenvalue weighted by Gasteiger charge is -2.13. The first-order valence-electron chi connectivity index (χ1n) is 4.63. The highest BCUT2D eigenvalue weighted by Gasteiger charge is 2.16. The summed E-state index contributed by atoms with van der Waals surface area (Å²) in [5, 5.41) is 0. The van der Waals surface area contributed by atoms with Crippen LogP contribution in [0.3, 0.4) is 0 Å². The van der Waals surface area contributed by atoms with Crippen molar-refractivity contribution in [2.24, 2.45) is 0 Å². The summed E-state index contributed by atoms with van der Waals surface area (Å²) in [7, 11) is 0. The topological polar surface area (TPSA) is 26.3 Å². The van der Waals surface area contributed by atoms with Crippen LogP contribution < -0.4 is 0 Å². The second-order valence-electron chi connectivity index (χ2n) is 3.22. The van der Waals surface area contributed by atoms with Gasteiger partial charge in [0.15, 0.2) is 0 Å². The first-order valence-corrected chi connectivity index (χ1v) is 4.63. The van der Waals surface area contributed by atoms with E-state index in [1.807, 2.05) is 6.08 Å². The molecule has 1 aliphatic heterocycles. The van der Waals surface area contributed by atoms with Gasteiger partial charge in [0.1, 0.15) is 6.10 Å². The minimum absolute atomic E-state index is 0.0263. The number of hydrogen-bond donors (Lipinski definition) is 0. The smallest absolute Gasteiger partial charge is 0.306 e. The van der Waals surface area contributed by atoms with Crippen LogP contribution in [0, 0.1) is 0 Å². The Kier molecular flexibility index (Phi) is 3.85. The van der Waals surface area contributed by atoms with E-state index in [-0.39, 0.29) is 12.1 Å². The zero-order valence-electron chi connectivity index (χ0n) is 7.42. The molecule has 0 aliphatic carbocycles. The second-order valence-corrected chi connectivity index (χ2v) is 3.22. The molecule has 0 aromatic carbocycles. The summed E-state index contributed by atoms with van der Waals surface area (Å²) in [6, 6.07) is 0. The lowest BCUT2D eigenvalue weighted by atomic mass is 10.1. The zero-order chi connectivity index (χ0) is 8.81. The molecule has 1 aliphatic rings. The fourth-order valence-electron chi connectivity index (χ4n) is 1.45. The minimum atomic E-state index is -0.0263. The molecule has 68 valence electrons. The average molecular weight is 168 g/mol. The summed E-state index contributed by atoms with van der Waals surface area (Å²) in [6.07, 6.45) is 7.64. The van der Waals surface area contributed by atoms with Gasteiger partial charge in [0.2, 0.25) is 0 Å². The van der Waals surface area contributed by atoms with E-state index in [9.17, 15) is 4.79 Å². The van der Waals surface area contributed by atoms with E-state index >= 15 is 0 Å². The van der Waals surface area contributed by atoms with Crippen molar-refractivity contribution in [1.29, 1.82) is 0 Å². The van der Waals surface area contributed by atoms with Crippen LogP contribution in [0.2, 0.25) is 0 Å². The zero-order valence-corrected chi connectivity index (χ0v) is 7.42. The van der Waals surface area contributed by atoms with Gasteiger partial charge < -0.3 is 4.74 Å². The fourth-order valence-corrected chi connectivity index (χ4v) is 1.45. The van der Waals surface area contributed by atoms with Gasteiger partial charge in [-0.15, -0.1) is 6.58 Å². The molecule has 2 heteroatoms. The maximum atomic E-state index is 11.0. The summed E-state index contributed by atoms with van der Waals surface area (Å²) >= 11 is 0. The molecule has 2 nitrogen and oxygen atoms in total. The van der Waals surface area contributed by atoms with Gasteiger partial charge in [-0.3, -0.25) is 4.79 Å². The third-order valence-electron chi connectivity index (χ3n) is 2.15. The van der Waals surface area contributed by atoms with E-state index in [1.54, 1.807) is 0 Å². The summed E-state index contributed by atoms with van der Waals surface area (Å²) in [6.45, 7) is 3.65. The lowest BCUT2D eigenvalue weighted by Crippen LogP contribution is -2.14. The number of allylic oxidation sites excluding steroid dienone is 1. The molecule has 12 heavy (non-hydrogen) atoms. The molecule has 1 saturated heterocycles. The van der Waals surface area contributed by atoms with Gasteiger partial charge in [0.25, 0.3) is 0 Å². The Morgan fingerprint density at radius 2 is 2.42 bits per heavy atom. The van der Waals surface area contributed by atoms with Crippen molar-refractivity contribution < 1.29 is 9.53 Å². The van der Waals surface area contributed by atoms with Crippen LogP contribution in [-0.2, 0) is 9.53 Å². The molecular formula is C10H16O2. The summed E-state index contributed by atoms with van der Waals surface area (Å²) in [5.74, 6) is -0.0263. The minimum Gasteiger partial charge on any atom is -0.462 e. The fraction of sp³-hybridized carbons (Fsp3) is 0.700. The van der Waals surface area contributed by atoms with Crippen molar-refractivity contribution in [2.75, 3.05) is 0 Å². The molecule has 1 atom stereocenters. The molecule has 1 fully saturated rings. The Bertz CT molecular complexity index is 163. The van der Waals surface area contributed by atoms with E-state index < -0.39 is 0 Å². The number of carbonyl (C=O) groups is 1. The number of carbonyl (C=O) groups excluding carboxylic acids is 1. The Balaban J connectivity index is 2.30. The van der Waals surface area contributed by atoms with Gasteiger partial charge in [-0.25, -0.2) is 0 Å². The Morgan fingerprint density at radius 1 is 1.58 bits per heavy atom. The van der Waals surface area contributed by atoms with Gasteiger partial charge in [0.05, 0.1) is 0 Å². The van der Waals surface area contributed by atoms with Crippen molar-refractivity contribution in [3.05, 3.63) is 12.7 Å². The van der Waals surface area contributed by atoms with Crippen LogP contribution >= 0.6 is 0 Å². The van der Waals surface area contributed by atoms with Crippen molar-refractivity contribution in [3.63, 3.8) is 0 Å².